The SMILES string of the molecule is CCCCCCC(C)(CCCCC)c1c(OC)ncn1C. The van der Waals surface area contributed by atoms with Gasteiger partial charge in [-0.05, 0) is 12.8 Å². The first kappa shape index (κ1) is 18.1. The standard InChI is InChI=1S/C18H34N2O/c1-6-8-10-12-14-18(3,13-11-9-7-2)16-17(21-5)19-15-20(16)4/h15H,6-14H2,1-5H3. The lowest BCUT2D eigenvalue weighted by atomic mass is 9.77. The highest BCUT2D eigenvalue weighted by Gasteiger charge is 2.32. The topological polar surface area (TPSA) is 27.1 Å². The van der Waals surface area contributed by atoms with Crippen molar-refractivity contribution in [2.24, 2.45) is 7.05 Å². The number of imidazole rings is 1. The van der Waals surface area contributed by atoms with E-state index in [0.29, 0.717) is 0 Å². The fraction of sp³-hybridized carbons (Fsp3) is 0.833. The molecular weight excluding hydrogens is 260 g/mol. The zero-order chi connectivity index (χ0) is 15.7. The highest BCUT2D eigenvalue weighted by atomic mass is 16.5. The molecule has 0 saturated carbocycles. The summed E-state index contributed by atoms with van der Waals surface area (Å²) in [5, 5.41) is 0. The number of rotatable bonds is 11. The van der Waals surface area contributed by atoms with Gasteiger partial charge in [0.1, 0.15) is 0 Å². The third kappa shape index (κ3) is 5.05. The third-order valence-electron chi connectivity index (χ3n) is 4.58. The van der Waals surface area contributed by atoms with Crippen LogP contribution >= 0.6 is 0 Å². The Morgan fingerprint density at radius 1 is 1.05 bits per heavy atom. The number of unbranched alkanes of at least 4 members (excludes halogenated alkanes) is 5. The molecule has 0 bridgehead atoms. The van der Waals surface area contributed by atoms with Gasteiger partial charge in [-0.25, -0.2) is 4.98 Å². The first-order valence-corrected chi connectivity index (χ1v) is 8.64. The number of methoxy groups -OCH3 is 1. The monoisotopic (exact) mass is 294 g/mol. The molecule has 0 N–H and O–H groups in total. The number of aromatic nitrogens is 2. The van der Waals surface area contributed by atoms with Crippen molar-refractivity contribution in [2.75, 3.05) is 7.11 Å². The highest BCUT2D eigenvalue weighted by molar-refractivity contribution is 5.28. The number of nitrogens with zero attached hydrogens (tertiary/aromatic N) is 2. The Morgan fingerprint density at radius 3 is 2.19 bits per heavy atom. The maximum atomic E-state index is 5.51. The fourth-order valence-corrected chi connectivity index (χ4v) is 3.31. The molecule has 0 aliphatic carbocycles. The minimum atomic E-state index is 0.180. The molecule has 1 heterocycles. The highest BCUT2D eigenvalue weighted by Crippen LogP contribution is 2.39. The van der Waals surface area contributed by atoms with Crippen LogP contribution in [0.1, 0.15) is 84.3 Å². The summed E-state index contributed by atoms with van der Waals surface area (Å²) in [6.45, 7) is 6.93. The molecule has 3 nitrogen and oxygen atoms in total. The van der Waals surface area contributed by atoms with E-state index >= 15 is 0 Å². The van der Waals surface area contributed by atoms with Gasteiger partial charge in [0, 0.05) is 12.5 Å². The molecule has 1 atom stereocenters. The first-order valence-electron chi connectivity index (χ1n) is 8.64. The van der Waals surface area contributed by atoms with Gasteiger partial charge in [-0.15, -0.1) is 0 Å². The van der Waals surface area contributed by atoms with Crippen LogP contribution in [0.2, 0.25) is 0 Å². The maximum Gasteiger partial charge on any atom is 0.235 e. The van der Waals surface area contributed by atoms with Crippen molar-refractivity contribution in [1.29, 1.82) is 0 Å². The normalized spacial score (nSPS) is 14.1. The Hall–Kier alpha value is -0.990. The second-order valence-electron chi connectivity index (χ2n) is 6.54. The Balaban J connectivity index is 2.85. The van der Waals surface area contributed by atoms with E-state index in [1.807, 2.05) is 6.33 Å². The van der Waals surface area contributed by atoms with E-state index in [1.54, 1.807) is 7.11 Å². The van der Waals surface area contributed by atoms with Gasteiger partial charge in [-0.3, -0.25) is 0 Å². The molecule has 1 unspecified atom stereocenters. The van der Waals surface area contributed by atoms with Gasteiger partial charge >= 0.3 is 0 Å². The minimum absolute atomic E-state index is 0.180. The Bertz CT molecular complexity index is 400. The van der Waals surface area contributed by atoms with Crippen molar-refractivity contribution in [3.8, 4) is 5.88 Å². The van der Waals surface area contributed by atoms with Crippen LogP contribution in [0.3, 0.4) is 0 Å². The van der Waals surface area contributed by atoms with Crippen LogP contribution in [-0.2, 0) is 12.5 Å². The quantitative estimate of drug-likeness (QED) is 0.522. The predicted molar refractivity (Wildman–Crippen MR) is 90.0 cm³/mol. The van der Waals surface area contributed by atoms with Gasteiger partial charge in [0.05, 0.1) is 19.1 Å². The summed E-state index contributed by atoms with van der Waals surface area (Å²) < 4.78 is 7.67. The zero-order valence-electron chi connectivity index (χ0n) is 14.7. The average molecular weight is 294 g/mol. The molecule has 0 aromatic carbocycles. The molecule has 0 saturated heterocycles. The molecular formula is C18H34N2O. The smallest absolute Gasteiger partial charge is 0.235 e. The van der Waals surface area contributed by atoms with E-state index in [2.05, 4.69) is 37.4 Å². The van der Waals surface area contributed by atoms with Gasteiger partial charge in [0.25, 0.3) is 0 Å². The Kier molecular flexibility index (Phi) is 7.84. The maximum absolute atomic E-state index is 5.51. The van der Waals surface area contributed by atoms with Crippen LogP contribution < -0.4 is 4.74 Å². The minimum Gasteiger partial charge on any atom is -0.480 e. The van der Waals surface area contributed by atoms with Gasteiger partial charge in [0.15, 0.2) is 0 Å². The lowest BCUT2D eigenvalue weighted by Crippen LogP contribution is -2.25. The van der Waals surface area contributed by atoms with Crippen molar-refractivity contribution in [3.63, 3.8) is 0 Å². The number of aryl methyl sites for hydroxylation is 1. The molecule has 1 aromatic heterocycles. The number of hydrogen-bond donors (Lipinski definition) is 0. The molecule has 21 heavy (non-hydrogen) atoms. The number of hydrogen-bond acceptors (Lipinski definition) is 2. The molecule has 0 amide bonds. The van der Waals surface area contributed by atoms with E-state index in [1.165, 1.54) is 63.5 Å². The summed E-state index contributed by atoms with van der Waals surface area (Å²) >= 11 is 0. The van der Waals surface area contributed by atoms with Gasteiger partial charge < -0.3 is 9.30 Å². The van der Waals surface area contributed by atoms with E-state index in [0.717, 1.165) is 5.88 Å². The van der Waals surface area contributed by atoms with E-state index in [-0.39, 0.29) is 5.41 Å². The zero-order valence-corrected chi connectivity index (χ0v) is 14.7. The van der Waals surface area contributed by atoms with Crippen molar-refractivity contribution in [1.82, 2.24) is 9.55 Å². The summed E-state index contributed by atoms with van der Waals surface area (Å²) in [6.07, 6.45) is 13.5. The van der Waals surface area contributed by atoms with E-state index in [4.69, 9.17) is 4.74 Å². The molecule has 0 spiro atoms. The van der Waals surface area contributed by atoms with Crippen LogP contribution in [0.15, 0.2) is 6.33 Å². The van der Waals surface area contributed by atoms with Gasteiger partial charge in [-0.2, -0.15) is 0 Å². The summed E-state index contributed by atoms with van der Waals surface area (Å²) in [7, 11) is 3.82. The Labute approximate surface area is 131 Å². The summed E-state index contributed by atoms with van der Waals surface area (Å²) in [5.41, 5.74) is 1.46. The predicted octanol–water partition coefficient (Wildman–Crippen LogP) is 5.24. The first-order chi connectivity index (χ1) is 10.1. The summed E-state index contributed by atoms with van der Waals surface area (Å²) in [4.78, 5) is 4.41. The van der Waals surface area contributed by atoms with Crippen molar-refractivity contribution in [2.45, 2.75) is 84.0 Å². The average Bonchev–Trinajstić information content (AvgIpc) is 2.86. The molecule has 0 aliphatic rings. The molecule has 1 rings (SSSR count). The van der Waals surface area contributed by atoms with Crippen LogP contribution in [0.25, 0.3) is 0 Å². The molecule has 3 heteroatoms. The van der Waals surface area contributed by atoms with E-state index < -0.39 is 0 Å². The third-order valence-corrected chi connectivity index (χ3v) is 4.58. The summed E-state index contributed by atoms with van der Waals surface area (Å²) in [6, 6.07) is 0. The largest absolute Gasteiger partial charge is 0.480 e. The second-order valence-corrected chi connectivity index (χ2v) is 6.54. The summed E-state index contributed by atoms with van der Waals surface area (Å²) in [5.74, 6) is 0.812. The van der Waals surface area contributed by atoms with Gasteiger partial charge in [-0.1, -0.05) is 65.7 Å². The Morgan fingerprint density at radius 2 is 1.62 bits per heavy atom. The molecule has 122 valence electrons. The van der Waals surface area contributed by atoms with Gasteiger partial charge in [0.2, 0.25) is 5.88 Å². The van der Waals surface area contributed by atoms with Crippen molar-refractivity contribution < 1.29 is 4.74 Å². The molecule has 0 fully saturated rings. The van der Waals surface area contributed by atoms with Crippen molar-refractivity contribution in [3.05, 3.63) is 12.0 Å². The number of ether oxygens (including phenoxy) is 1. The lowest BCUT2D eigenvalue weighted by molar-refractivity contribution is 0.321. The van der Waals surface area contributed by atoms with Crippen LogP contribution in [0.5, 0.6) is 5.88 Å². The molecule has 1 aromatic rings. The fourth-order valence-electron chi connectivity index (χ4n) is 3.31. The van der Waals surface area contributed by atoms with Crippen LogP contribution in [0, 0.1) is 0 Å². The molecule has 0 radical (unpaired) electrons. The lowest BCUT2D eigenvalue weighted by Gasteiger charge is -2.31. The second kappa shape index (κ2) is 9.11. The van der Waals surface area contributed by atoms with Crippen LogP contribution in [0.4, 0.5) is 0 Å². The molecule has 0 aliphatic heterocycles. The van der Waals surface area contributed by atoms with Crippen LogP contribution in [-0.4, -0.2) is 16.7 Å². The van der Waals surface area contributed by atoms with E-state index in [9.17, 15) is 0 Å². The van der Waals surface area contributed by atoms with Crippen molar-refractivity contribution >= 4 is 0 Å².